The Kier molecular flexibility index (Phi) is 2.08. The summed E-state index contributed by atoms with van der Waals surface area (Å²) in [4.78, 5) is 16.5. The van der Waals surface area contributed by atoms with Crippen LogP contribution in [-0.2, 0) is 6.61 Å². The van der Waals surface area contributed by atoms with Crippen LogP contribution in [0, 0.1) is 0 Å². The van der Waals surface area contributed by atoms with E-state index in [0.29, 0.717) is 34.9 Å². The fraction of sp³-hybridized carbons (Fsp3) is 0.0769. The second-order valence-electron chi connectivity index (χ2n) is 3.87. The van der Waals surface area contributed by atoms with Crippen LogP contribution in [0.5, 0.6) is 5.75 Å². The van der Waals surface area contributed by atoms with Crippen molar-refractivity contribution < 1.29 is 9.53 Å². The van der Waals surface area contributed by atoms with Crippen molar-refractivity contribution in [3.05, 3.63) is 53.3 Å². The first-order valence-electron chi connectivity index (χ1n) is 5.26. The highest BCUT2D eigenvalue weighted by atomic mass is 16.5. The molecule has 1 aromatic heterocycles. The molecular weight excluding hydrogens is 216 g/mol. The van der Waals surface area contributed by atoms with Crippen molar-refractivity contribution in [3.8, 4) is 5.75 Å². The SMILES string of the molecule is Nc1ccc2c(c1)C(=O)c1cccnc1CO2. The summed E-state index contributed by atoms with van der Waals surface area (Å²) < 4.78 is 5.56. The first kappa shape index (κ1) is 9.84. The van der Waals surface area contributed by atoms with Gasteiger partial charge in [0.1, 0.15) is 12.4 Å². The van der Waals surface area contributed by atoms with Gasteiger partial charge in [-0.3, -0.25) is 9.78 Å². The lowest BCUT2D eigenvalue weighted by Crippen LogP contribution is -2.04. The molecule has 1 aliphatic heterocycles. The van der Waals surface area contributed by atoms with Crippen LogP contribution in [0.4, 0.5) is 5.69 Å². The number of pyridine rings is 1. The number of hydrogen-bond acceptors (Lipinski definition) is 4. The number of ketones is 1. The molecule has 0 bridgehead atoms. The van der Waals surface area contributed by atoms with Crippen molar-refractivity contribution in [2.45, 2.75) is 6.61 Å². The Hall–Kier alpha value is -2.36. The van der Waals surface area contributed by atoms with Crippen molar-refractivity contribution in [1.82, 2.24) is 4.98 Å². The molecule has 0 spiro atoms. The molecule has 0 atom stereocenters. The summed E-state index contributed by atoms with van der Waals surface area (Å²) in [6.45, 7) is 0.304. The predicted molar refractivity (Wildman–Crippen MR) is 62.9 cm³/mol. The van der Waals surface area contributed by atoms with Crippen LogP contribution in [0.15, 0.2) is 36.5 Å². The van der Waals surface area contributed by atoms with E-state index in [-0.39, 0.29) is 5.78 Å². The summed E-state index contributed by atoms with van der Waals surface area (Å²) in [5, 5.41) is 0. The third-order valence-corrected chi connectivity index (χ3v) is 2.75. The molecule has 0 radical (unpaired) electrons. The topological polar surface area (TPSA) is 65.2 Å². The second-order valence-corrected chi connectivity index (χ2v) is 3.87. The van der Waals surface area contributed by atoms with E-state index in [1.54, 1.807) is 36.5 Å². The molecule has 0 saturated heterocycles. The van der Waals surface area contributed by atoms with Crippen molar-refractivity contribution in [2.24, 2.45) is 0 Å². The van der Waals surface area contributed by atoms with Gasteiger partial charge in [0.2, 0.25) is 0 Å². The second kappa shape index (κ2) is 3.59. The van der Waals surface area contributed by atoms with Crippen LogP contribution < -0.4 is 10.5 Å². The molecule has 0 amide bonds. The average Bonchev–Trinajstić information content (AvgIpc) is 2.49. The van der Waals surface area contributed by atoms with Crippen LogP contribution >= 0.6 is 0 Å². The first-order chi connectivity index (χ1) is 8.25. The summed E-state index contributed by atoms with van der Waals surface area (Å²) in [5.41, 5.74) is 7.98. The summed E-state index contributed by atoms with van der Waals surface area (Å²) in [5.74, 6) is 0.468. The minimum absolute atomic E-state index is 0.0899. The van der Waals surface area contributed by atoms with Gasteiger partial charge in [-0.2, -0.15) is 0 Å². The molecule has 17 heavy (non-hydrogen) atoms. The van der Waals surface area contributed by atoms with Gasteiger partial charge in [-0.15, -0.1) is 0 Å². The number of anilines is 1. The molecule has 0 aliphatic carbocycles. The normalized spacial score (nSPS) is 13.3. The molecule has 2 N–H and O–H groups in total. The van der Waals surface area contributed by atoms with Crippen LogP contribution in [0.25, 0.3) is 0 Å². The Labute approximate surface area is 98.0 Å². The third-order valence-electron chi connectivity index (χ3n) is 2.75. The van der Waals surface area contributed by atoms with Gasteiger partial charge in [-0.1, -0.05) is 0 Å². The van der Waals surface area contributed by atoms with Gasteiger partial charge in [-0.05, 0) is 30.3 Å². The smallest absolute Gasteiger partial charge is 0.198 e. The molecule has 2 aromatic rings. The molecule has 0 saturated carbocycles. The van der Waals surface area contributed by atoms with E-state index in [1.165, 1.54) is 0 Å². The maximum Gasteiger partial charge on any atom is 0.198 e. The predicted octanol–water partition coefficient (Wildman–Crippen LogP) is 1.79. The molecule has 0 fully saturated rings. The van der Waals surface area contributed by atoms with Gasteiger partial charge in [-0.25, -0.2) is 0 Å². The molecule has 4 heteroatoms. The Morgan fingerprint density at radius 2 is 2.12 bits per heavy atom. The van der Waals surface area contributed by atoms with Crippen LogP contribution in [-0.4, -0.2) is 10.8 Å². The highest BCUT2D eigenvalue weighted by Gasteiger charge is 2.22. The Bertz CT molecular complexity index is 608. The zero-order valence-electron chi connectivity index (χ0n) is 9.01. The number of carbonyl (C=O) groups is 1. The molecule has 2 heterocycles. The van der Waals surface area contributed by atoms with Crippen molar-refractivity contribution >= 4 is 11.5 Å². The largest absolute Gasteiger partial charge is 0.486 e. The molecule has 84 valence electrons. The highest BCUT2D eigenvalue weighted by Crippen LogP contribution is 2.28. The Morgan fingerprint density at radius 3 is 3.00 bits per heavy atom. The van der Waals surface area contributed by atoms with E-state index in [1.807, 2.05) is 0 Å². The first-order valence-corrected chi connectivity index (χ1v) is 5.26. The zero-order valence-corrected chi connectivity index (χ0v) is 9.01. The van der Waals surface area contributed by atoms with E-state index < -0.39 is 0 Å². The summed E-state index contributed by atoms with van der Waals surface area (Å²) in [6, 6.07) is 8.57. The van der Waals surface area contributed by atoms with Crippen molar-refractivity contribution in [2.75, 3.05) is 5.73 Å². The number of nitrogens with zero attached hydrogens (tertiary/aromatic N) is 1. The standard InChI is InChI=1S/C13H10N2O2/c14-8-3-4-12-10(6-8)13(16)9-2-1-5-15-11(9)7-17-12/h1-6H,7,14H2. The monoisotopic (exact) mass is 226 g/mol. The van der Waals surface area contributed by atoms with Gasteiger partial charge in [0, 0.05) is 17.4 Å². The number of ether oxygens (including phenoxy) is 1. The number of fused-ring (bicyclic) bond motifs is 2. The van der Waals surface area contributed by atoms with Crippen LogP contribution in [0.3, 0.4) is 0 Å². The fourth-order valence-electron chi connectivity index (χ4n) is 1.90. The summed E-state index contributed by atoms with van der Waals surface area (Å²) in [6.07, 6.45) is 1.65. The quantitative estimate of drug-likeness (QED) is 0.695. The lowest BCUT2D eigenvalue weighted by molar-refractivity contribution is 0.103. The maximum atomic E-state index is 12.3. The van der Waals surface area contributed by atoms with Crippen LogP contribution in [0.1, 0.15) is 21.6 Å². The fourth-order valence-corrected chi connectivity index (χ4v) is 1.90. The van der Waals surface area contributed by atoms with Gasteiger partial charge < -0.3 is 10.5 Å². The van der Waals surface area contributed by atoms with Gasteiger partial charge >= 0.3 is 0 Å². The molecule has 4 nitrogen and oxygen atoms in total. The number of aromatic nitrogens is 1. The zero-order chi connectivity index (χ0) is 11.8. The summed E-state index contributed by atoms with van der Waals surface area (Å²) in [7, 11) is 0. The van der Waals surface area contributed by atoms with E-state index in [4.69, 9.17) is 10.5 Å². The van der Waals surface area contributed by atoms with E-state index >= 15 is 0 Å². The summed E-state index contributed by atoms with van der Waals surface area (Å²) >= 11 is 0. The van der Waals surface area contributed by atoms with Gasteiger partial charge in [0.25, 0.3) is 0 Å². The van der Waals surface area contributed by atoms with Crippen molar-refractivity contribution in [1.29, 1.82) is 0 Å². The molecule has 1 aromatic carbocycles. The number of nitrogens with two attached hydrogens (primary N) is 1. The number of carbonyl (C=O) groups excluding carboxylic acids is 1. The highest BCUT2D eigenvalue weighted by molar-refractivity contribution is 6.12. The molecular formula is C13H10N2O2. The Morgan fingerprint density at radius 1 is 1.24 bits per heavy atom. The van der Waals surface area contributed by atoms with Gasteiger partial charge in [0.15, 0.2) is 5.78 Å². The molecule has 3 rings (SSSR count). The number of rotatable bonds is 0. The third kappa shape index (κ3) is 1.54. The minimum atomic E-state index is -0.0899. The maximum absolute atomic E-state index is 12.3. The average molecular weight is 226 g/mol. The van der Waals surface area contributed by atoms with E-state index in [2.05, 4.69) is 4.98 Å². The van der Waals surface area contributed by atoms with E-state index in [9.17, 15) is 4.79 Å². The minimum Gasteiger partial charge on any atom is -0.486 e. The molecule has 1 aliphatic rings. The molecule has 0 unspecified atom stereocenters. The van der Waals surface area contributed by atoms with Gasteiger partial charge in [0.05, 0.1) is 11.3 Å². The lowest BCUT2D eigenvalue weighted by atomic mass is 10.0. The van der Waals surface area contributed by atoms with E-state index in [0.717, 1.165) is 0 Å². The van der Waals surface area contributed by atoms with Crippen LogP contribution in [0.2, 0.25) is 0 Å². The Balaban J connectivity index is 2.22. The van der Waals surface area contributed by atoms with Crippen molar-refractivity contribution in [3.63, 3.8) is 0 Å². The number of nitrogen functional groups attached to an aromatic ring is 1. The number of hydrogen-bond donors (Lipinski definition) is 1. The lowest BCUT2D eigenvalue weighted by Gasteiger charge is -2.05. The number of benzene rings is 1.